The molecule has 0 unspecified atom stereocenters. The van der Waals surface area contributed by atoms with E-state index in [-0.39, 0.29) is 39.5 Å². The van der Waals surface area contributed by atoms with E-state index in [0.717, 1.165) is 15.4 Å². The summed E-state index contributed by atoms with van der Waals surface area (Å²) in [5, 5.41) is 3.59. The van der Waals surface area contributed by atoms with Crippen LogP contribution in [0.4, 0.5) is 5.69 Å². The molecule has 0 bridgehead atoms. The van der Waals surface area contributed by atoms with Gasteiger partial charge < -0.3 is 10.2 Å². The number of sulfonamides is 1. The van der Waals surface area contributed by atoms with Gasteiger partial charge in [-0.3, -0.25) is 13.9 Å². The van der Waals surface area contributed by atoms with Gasteiger partial charge in [0.05, 0.1) is 20.6 Å². The molecule has 1 atom stereocenters. The lowest BCUT2D eigenvalue weighted by Crippen LogP contribution is -2.53. The van der Waals surface area contributed by atoms with Crippen LogP contribution < -0.4 is 9.62 Å². The van der Waals surface area contributed by atoms with Crippen LogP contribution in [0.5, 0.6) is 0 Å². The van der Waals surface area contributed by atoms with E-state index >= 15 is 0 Å². The monoisotopic (exact) mass is 733 g/mol. The third kappa shape index (κ3) is 9.21. The standard InChI is InChI=1S/C35H35Cl4N3O4S/c1-23(2)20-40-35(44)32(19-25-9-5-4-6-10-25)41(21-27-28(36)11-7-12-29(27)37)33(43)22-42(31-14-8-13-30(38)34(31)39)47(45,46)26-17-15-24(3)16-18-26/h4-18,23,32H,19-22H2,1-3H3,(H,40,44)/t32-/m1/s1. The van der Waals surface area contributed by atoms with Crippen LogP contribution in [0, 0.1) is 12.8 Å². The van der Waals surface area contributed by atoms with Gasteiger partial charge >= 0.3 is 0 Å². The molecule has 0 spiro atoms. The predicted octanol–water partition coefficient (Wildman–Crippen LogP) is 8.22. The average molecular weight is 736 g/mol. The summed E-state index contributed by atoms with van der Waals surface area (Å²) in [6, 6.07) is 23.9. The van der Waals surface area contributed by atoms with Gasteiger partial charge in [-0.2, -0.15) is 0 Å². The first-order valence-corrected chi connectivity index (χ1v) is 17.8. The zero-order chi connectivity index (χ0) is 34.3. The fraction of sp³-hybridized carbons (Fsp3) is 0.257. The van der Waals surface area contributed by atoms with Crippen LogP contribution in [0.3, 0.4) is 0 Å². The molecule has 0 aliphatic rings. The molecule has 0 fully saturated rings. The Morgan fingerprint density at radius 1 is 0.787 bits per heavy atom. The van der Waals surface area contributed by atoms with E-state index < -0.39 is 34.4 Å². The Labute approximate surface area is 296 Å². The van der Waals surface area contributed by atoms with E-state index in [2.05, 4.69) is 5.32 Å². The topological polar surface area (TPSA) is 86.8 Å². The molecule has 4 rings (SSSR count). The lowest BCUT2D eigenvalue weighted by atomic mass is 10.0. The number of carbonyl (C=O) groups is 2. The van der Waals surface area contributed by atoms with Crippen molar-refractivity contribution in [2.75, 3.05) is 17.4 Å². The number of anilines is 1. The van der Waals surface area contributed by atoms with Crippen LogP contribution in [0.1, 0.15) is 30.5 Å². The summed E-state index contributed by atoms with van der Waals surface area (Å²) in [6.45, 7) is 5.24. The number of amides is 2. The average Bonchev–Trinajstić information content (AvgIpc) is 3.03. The third-order valence-electron chi connectivity index (χ3n) is 7.43. The molecule has 4 aromatic carbocycles. The molecule has 0 aliphatic heterocycles. The Morgan fingerprint density at radius 3 is 2.00 bits per heavy atom. The van der Waals surface area contributed by atoms with Crippen LogP contribution >= 0.6 is 46.4 Å². The second-order valence-corrected chi connectivity index (χ2v) is 14.9. The summed E-state index contributed by atoms with van der Waals surface area (Å²) in [5.41, 5.74) is 2.06. The van der Waals surface area contributed by atoms with Crippen molar-refractivity contribution < 1.29 is 18.0 Å². The number of rotatable bonds is 13. The van der Waals surface area contributed by atoms with Crippen molar-refractivity contribution >= 4 is 73.9 Å². The molecule has 0 saturated carbocycles. The Morgan fingerprint density at radius 2 is 1.38 bits per heavy atom. The van der Waals surface area contributed by atoms with Gasteiger partial charge in [-0.25, -0.2) is 8.42 Å². The number of aryl methyl sites for hydroxylation is 1. The number of halogens is 4. The lowest BCUT2D eigenvalue weighted by molar-refractivity contribution is -0.140. The number of nitrogens with one attached hydrogen (secondary N) is 1. The number of nitrogens with zero attached hydrogens (tertiary/aromatic N) is 2. The molecule has 4 aromatic rings. The van der Waals surface area contributed by atoms with Crippen LogP contribution in [0.2, 0.25) is 20.1 Å². The Kier molecular flexibility index (Phi) is 12.6. The molecule has 12 heteroatoms. The van der Waals surface area contributed by atoms with Gasteiger partial charge in [-0.1, -0.05) is 120 Å². The molecule has 0 aromatic heterocycles. The summed E-state index contributed by atoms with van der Waals surface area (Å²) in [4.78, 5) is 29.8. The number of hydrogen-bond donors (Lipinski definition) is 1. The highest BCUT2D eigenvalue weighted by Crippen LogP contribution is 2.36. The zero-order valence-electron chi connectivity index (χ0n) is 26.1. The van der Waals surface area contributed by atoms with Gasteiger partial charge in [0, 0.05) is 35.1 Å². The highest BCUT2D eigenvalue weighted by atomic mass is 35.5. The van der Waals surface area contributed by atoms with E-state index in [9.17, 15) is 18.0 Å². The normalized spacial score (nSPS) is 12.1. The number of hydrogen-bond acceptors (Lipinski definition) is 4. The van der Waals surface area contributed by atoms with E-state index in [0.29, 0.717) is 22.2 Å². The van der Waals surface area contributed by atoms with Crippen molar-refractivity contribution in [2.45, 2.75) is 44.7 Å². The summed E-state index contributed by atoms with van der Waals surface area (Å²) < 4.78 is 29.4. The van der Waals surface area contributed by atoms with E-state index in [1.165, 1.54) is 29.2 Å². The van der Waals surface area contributed by atoms with Crippen molar-refractivity contribution in [3.8, 4) is 0 Å². The highest BCUT2D eigenvalue weighted by molar-refractivity contribution is 7.92. The predicted molar refractivity (Wildman–Crippen MR) is 191 cm³/mol. The zero-order valence-corrected chi connectivity index (χ0v) is 29.9. The number of benzene rings is 4. The Bertz CT molecular complexity index is 1800. The summed E-state index contributed by atoms with van der Waals surface area (Å²) in [5.74, 6) is -0.959. The number of carbonyl (C=O) groups excluding carboxylic acids is 2. The fourth-order valence-electron chi connectivity index (χ4n) is 4.87. The minimum atomic E-state index is -4.36. The van der Waals surface area contributed by atoms with Crippen LogP contribution in [0.25, 0.3) is 0 Å². The van der Waals surface area contributed by atoms with Crippen LogP contribution in [-0.4, -0.2) is 44.3 Å². The quantitative estimate of drug-likeness (QED) is 0.150. The maximum atomic E-state index is 14.6. The first-order valence-electron chi connectivity index (χ1n) is 14.9. The van der Waals surface area contributed by atoms with Crippen LogP contribution in [0.15, 0.2) is 95.9 Å². The molecule has 0 heterocycles. The van der Waals surface area contributed by atoms with Crippen LogP contribution in [-0.2, 0) is 32.6 Å². The summed E-state index contributed by atoms with van der Waals surface area (Å²) in [6.07, 6.45) is 0.140. The molecule has 2 amide bonds. The van der Waals surface area contributed by atoms with Crippen molar-refractivity contribution in [1.29, 1.82) is 0 Å². The maximum absolute atomic E-state index is 14.6. The summed E-state index contributed by atoms with van der Waals surface area (Å²) in [7, 11) is -4.36. The van der Waals surface area contributed by atoms with E-state index in [4.69, 9.17) is 46.4 Å². The highest BCUT2D eigenvalue weighted by Gasteiger charge is 2.36. The molecule has 0 saturated heterocycles. The van der Waals surface area contributed by atoms with Crippen molar-refractivity contribution in [1.82, 2.24) is 10.2 Å². The van der Waals surface area contributed by atoms with E-state index in [1.54, 1.807) is 36.4 Å². The van der Waals surface area contributed by atoms with Gasteiger partial charge in [0.15, 0.2) is 0 Å². The van der Waals surface area contributed by atoms with Gasteiger partial charge in [-0.05, 0) is 54.8 Å². The Balaban J connectivity index is 1.86. The SMILES string of the molecule is Cc1ccc(S(=O)(=O)N(CC(=O)N(Cc2c(Cl)cccc2Cl)[C@H](Cc2ccccc2)C(=O)NCC(C)C)c2cccc(Cl)c2Cl)cc1. The minimum Gasteiger partial charge on any atom is -0.354 e. The molecule has 248 valence electrons. The lowest BCUT2D eigenvalue weighted by Gasteiger charge is -2.34. The van der Waals surface area contributed by atoms with Gasteiger partial charge in [0.2, 0.25) is 11.8 Å². The third-order valence-corrected chi connectivity index (χ3v) is 10.7. The van der Waals surface area contributed by atoms with Crippen molar-refractivity contribution in [3.63, 3.8) is 0 Å². The fourth-order valence-corrected chi connectivity index (χ4v) is 7.26. The smallest absolute Gasteiger partial charge is 0.264 e. The van der Waals surface area contributed by atoms with Crippen molar-refractivity contribution in [3.05, 3.63) is 128 Å². The molecule has 1 N–H and O–H groups in total. The molecule has 7 nitrogen and oxygen atoms in total. The largest absolute Gasteiger partial charge is 0.354 e. The Hall–Kier alpha value is -3.27. The second-order valence-electron chi connectivity index (χ2n) is 11.5. The molecular formula is C35H35Cl4N3O4S. The molecule has 0 radical (unpaired) electrons. The first kappa shape index (κ1) is 36.6. The van der Waals surface area contributed by atoms with E-state index in [1.807, 2.05) is 51.1 Å². The van der Waals surface area contributed by atoms with Gasteiger partial charge in [0.25, 0.3) is 10.0 Å². The molecule has 0 aliphatic carbocycles. The summed E-state index contributed by atoms with van der Waals surface area (Å²) >= 11 is 26.0. The van der Waals surface area contributed by atoms with Gasteiger partial charge in [0.1, 0.15) is 12.6 Å². The first-order chi connectivity index (χ1) is 22.3. The molecular weight excluding hydrogens is 700 g/mol. The van der Waals surface area contributed by atoms with Crippen molar-refractivity contribution in [2.24, 2.45) is 5.92 Å². The minimum absolute atomic E-state index is 0.00712. The molecule has 47 heavy (non-hydrogen) atoms. The van der Waals surface area contributed by atoms with Gasteiger partial charge in [-0.15, -0.1) is 0 Å². The maximum Gasteiger partial charge on any atom is 0.264 e. The second kappa shape index (κ2) is 16.2.